The summed E-state index contributed by atoms with van der Waals surface area (Å²) in [5, 5.41) is 2.55. The third kappa shape index (κ3) is 2.72. The van der Waals surface area contributed by atoms with Gasteiger partial charge in [-0.15, -0.1) is 0 Å². The number of hydrogen-bond acceptors (Lipinski definition) is 4. The number of imide groups is 1. The van der Waals surface area contributed by atoms with E-state index in [2.05, 4.69) is 5.32 Å². The fraction of sp³-hybridized carbons (Fsp3) is 0.312. The van der Waals surface area contributed by atoms with Gasteiger partial charge in [0.15, 0.2) is 0 Å². The Balaban J connectivity index is 2.63. The summed E-state index contributed by atoms with van der Waals surface area (Å²) >= 11 is 0. The van der Waals surface area contributed by atoms with E-state index in [1.165, 1.54) is 7.11 Å². The van der Waals surface area contributed by atoms with Crippen LogP contribution in [0.5, 0.6) is 0 Å². The normalized spacial score (nSPS) is 18.0. The van der Waals surface area contributed by atoms with Gasteiger partial charge >= 0.3 is 12.0 Å². The first-order valence-corrected chi connectivity index (χ1v) is 6.98. The van der Waals surface area contributed by atoms with Gasteiger partial charge in [0.05, 0.1) is 12.7 Å². The van der Waals surface area contributed by atoms with Crippen LogP contribution >= 0.6 is 0 Å². The van der Waals surface area contributed by atoms with E-state index in [9.17, 15) is 14.4 Å². The monoisotopic (exact) mass is 302 g/mol. The van der Waals surface area contributed by atoms with Crippen LogP contribution < -0.4 is 5.32 Å². The van der Waals surface area contributed by atoms with Crippen LogP contribution in [0, 0.1) is 0 Å². The zero-order valence-corrected chi connectivity index (χ0v) is 12.8. The predicted molar refractivity (Wildman–Crippen MR) is 79.6 cm³/mol. The van der Waals surface area contributed by atoms with E-state index in [1.54, 1.807) is 38.1 Å². The van der Waals surface area contributed by atoms with Crippen molar-refractivity contribution < 1.29 is 19.1 Å². The van der Waals surface area contributed by atoms with Crippen LogP contribution in [-0.4, -0.2) is 29.9 Å². The molecule has 1 aromatic carbocycles. The second-order valence-electron chi connectivity index (χ2n) is 4.89. The Morgan fingerprint density at radius 1 is 1.27 bits per heavy atom. The lowest BCUT2D eigenvalue weighted by Crippen LogP contribution is -2.51. The van der Waals surface area contributed by atoms with Crippen molar-refractivity contribution in [1.29, 1.82) is 0 Å². The molecule has 0 unspecified atom stereocenters. The highest BCUT2D eigenvalue weighted by atomic mass is 16.5. The number of benzene rings is 1. The Hall–Kier alpha value is -2.63. The maximum atomic E-state index is 12.3. The molecule has 1 heterocycles. The van der Waals surface area contributed by atoms with Gasteiger partial charge in [0.1, 0.15) is 6.04 Å². The molecule has 0 fully saturated rings. The van der Waals surface area contributed by atoms with Crippen LogP contribution in [0.1, 0.15) is 31.9 Å². The van der Waals surface area contributed by atoms with E-state index < -0.39 is 18.0 Å². The molecule has 1 N–H and O–H groups in total. The number of allylic oxidation sites excluding steroid dienone is 1. The van der Waals surface area contributed by atoms with E-state index in [-0.39, 0.29) is 17.9 Å². The molecule has 6 nitrogen and oxygen atoms in total. The summed E-state index contributed by atoms with van der Waals surface area (Å²) in [6.07, 6.45) is 0.157. The smallest absolute Gasteiger partial charge is 0.337 e. The first-order chi connectivity index (χ1) is 10.5. The standard InChI is InChI=1S/C16H18N2O4/c1-4-12(19)18-14(11-8-6-5-7-9-11)13(15(20)22-3)10(2)17-16(18)21/h5-9,14H,4H2,1-3H3,(H,17,21)/t14-/m0/s1. The number of carbonyl (C=O) groups is 3. The molecule has 116 valence electrons. The van der Waals surface area contributed by atoms with Gasteiger partial charge in [0.2, 0.25) is 5.91 Å². The highest BCUT2D eigenvalue weighted by molar-refractivity contribution is 6.02. The molecular weight excluding hydrogens is 284 g/mol. The predicted octanol–water partition coefficient (Wildman–Crippen LogP) is 2.14. The summed E-state index contributed by atoms with van der Waals surface area (Å²) in [4.78, 5) is 37.7. The highest BCUT2D eigenvalue weighted by Crippen LogP contribution is 2.34. The minimum atomic E-state index is -0.783. The number of nitrogens with zero attached hydrogens (tertiary/aromatic N) is 1. The first-order valence-electron chi connectivity index (χ1n) is 6.98. The Bertz CT molecular complexity index is 637. The van der Waals surface area contributed by atoms with E-state index in [0.717, 1.165) is 4.90 Å². The van der Waals surface area contributed by atoms with Crippen molar-refractivity contribution in [3.63, 3.8) is 0 Å². The second-order valence-corrected chi connectivity index (χ2v) is 4.89. The number of methoxy groups -OCH3 is 1. The number of carbonyl (C=O) groups excluding carboxylic acids is 3. The van der Waals surface area contributed by atoms with E-state index in [1.807, 2.05) is 6.07 Å². The quantitative estimate of drug-likeness (QED) is 0.868. The molecule has 0 aromatic heterocycles. The lowest BCUT2D eigenvalue weighted by atomic mass is 9.93. The minimum Gasteiger partial charge on any atom is -0.466 e. The van der Waals surface area contributed by atoms with Crippen LogP contribution in [0.3, 0.4) is 0 Å². The molecule has 0 radical (unpaired) electrons. The molecule has 0 spiro atoms. The number of urea groups is 1. The average Bonchev–Trinajstić information content (AvgIpc) is 2.53. The molecule has 3 amide bonds. The van der Waals surface area contributed by atoms with Crippen molar-refractivity contribution in [3.05, 3.63) is 47.2 Å². The maximum absolute atomic E-state index is 12.3. The van der Waals surface area contributed by atoms with Crippen molar-refractivity contribution >= 4 is 17.9 Å². The lowest BCUT2D eigenvalue weighted by Gasteiger charge is -2.36. The fourth-order valence-corrected chi connectivity index (χ4v) is 2.49. The molecule has 6 heteroatoms. The summed E-state index contributed by atoms with van der Waals surface area (Å²) < 4.78 is 4.82. The van der Waals surface area contributed by atoms with Gasteiger partial charge in [-0.2, -0.15) is 0 Å². The molecule has 0 saturated carbocycles. The average molecular weight is 302 g/mol. The molecule has 1 aliphatic heterocycles. The van der Waals surface area contributed by atoms with Gasteiger partial charge in [-0.05, 0) is 12.5 Å². The van der Waals surface area contributed by atoms with Crippen LogP contribution in [0.25, 0.3) is 0 Å². The van der Waals surface area contributed by atoms with Gasteiger partial charge in [-0.25, -0.2) is 9.59 Å². The Labute approximate surface area is 128 Å². The molecule has 0 saturated heterocycles. The molecular formula is C16H18N2O4. The first kappa shape index (κ1) is 15.8. The molecule has 2 rings (SSSR count). The van der Waals surface area contributed by atoms with E-state index in [0.29, 0.717) is 11.3 Å². The molecule has 1 aliphatic rings. The van der Waals surface area contributed by atoms with Gasteiger partial charge < -0.3 is 10.1 Å². The second kappa shape index (κ2) is 6.43. The van der Waals surface area contributed by atoms with Gasteiger partial charge in [-0.1, -0.05) is 37.3 Å². The molecule has 1 atom stereocenters. The molecule has 22 heavy (non-hydrogen) atoms. The SMILES string of the molecule is CCC(=O)N1C(=O)NC(C)=C(C(=O)OC)[C@@H]1c1ccccc1. The molecule has 0 aliphatic carbocycles. The summed E-state index contributed by atoms with van der Waals surface area (Å²) in [6.45, 7) is 3.29. The van der Waals surface area contributed by atoms with Crippen molar-refractivity contribution in [2.24, 2.45) is 0 Å². The van der Waals surface area contributed by atoms with E-state index in [4.69, 9.17) is 4.74 Å². The lowest BCUT2D eigenvalue weighted by molar-refractivity contribution is -0.137. The number of rotatable bonds is 3. The third-order valence-corrected chi connectivity index (χ3v) is 3.54. The zero-order valence-electron chi connectivity index (χ0n) is 12.8. The van der Waals surface area contributed by atoms with Crippen molar-refractivity contribution in [3.8, 4) is 0 Å². The Morgan fingerprint density at radius 2 is 1.91 bits per heavy atom. The van der Waals surface area contributed by atoms with Crippen molar-refractivity contribution in [1.82, 2.24) is 10.2 Å². The van der Waals surface area contributed by atoms with Crippen LogP contribution in [0.2, 0.25) is 0 Å². The Morgan fingerprint density at radius 3 is 2.45 bits per heavy atom. The highest BCUT2D eigenvalue weighted by Gasteiger charge is 2.40. The number of hydrogen-bond donors (Lipinski definition) is 1. The molecule has 1 aromatic rings. The third-order valence-electron chi connectivity index (χ3n) is 3.54. The van der Waals surface area contributed by atoms with Gasteiger partial charge in [-0.3, -0.25) is 9.69 Å². The number of ether oxygens (including phenoxy) is 1. The number of amides is 3. The summed E-state index contributed by atoms with van der Waals surface area (Å²) in [5.41, 5.74) is 1.33. The van der Waals surface area contributed by atoms with Gasteiger partial charge in [0, 0.05) is 12.1 Å². The number of esters is 1. The van der Waals surface area contributed by atoms with Crippen LogP contribution in [-0.2, 0) is 14.3 Å². The van der Waals surface area contributed by atoms with Crippen molar-refractivity contribution in [2.75, 3.05) is 7.11 Å². The fourth-order valence-electron chi connectivity index (χ4n) is 2.49. The van der Waals surface area contributed by atoms with Crippen LogP contribution in [0.15, 0.2) is 41.6 Å². The summed E-state index contributed by atoms with van der Waals surface area (Å²) in [5.74, 6) is -0.930. The Kier molecular flexibility index (Phi) is 4.60. The van der Waals surface area contributed by atoms with Crippen molar-refractivity contribution in [2.45, 2.75) is 26.3 Å². The zero-order chi connectivity index (χ0) is 16.3. The minimum absolute atomic E-state index is 0.157. The number of nitrogens with one attached hydrogen (secondary N) is 1. The topological polar surface area (TPSA) is 75.7 Å². The van der Waals surface area contributed by atoms with Crippen LogP contribution in [0.4, 0.5) is 4.79 Å². The maximum Gasteiger partial charge on any atom is 0.337 e. The molecule has 0 bridgehead atoms. The van der Waals surface area contributed by atoms with Gasteiger partial charge in [0.25, 0.3) is 0 Å². The summed E-state index contributed by atoms with van der Waals surface area (Å²) in [6, 6.07) is 7.64. The summed E-state index contributed by atoms with van der Waals surface area (Å²) in [7, 11) is 1.27. The largest absolute Gasteiger partial charge is 0.466 e. The van der Waals surface area contributed by atoms with E-state index >= 15 is 0 Å².